The lowest BCUT2D eigenvalue weighted by Gasteiger charge is -2.16. The van der Waals surface area contributed by atoms with Crippen LogP contribution in [0.25, 0.3) is 0 Å². The van der Waals surface area contributed by atoms with Crippen LogP contribution in [0.2, 0.25) is 0 Å². The molecule has 0 heterocycles. The maximum atomic E-state index is 11.9. The highest BCUT2D eigenvalue weighted by Crippen LogP contribution is 2.22. The van der Waals surface area contributed by atoms with E-state index in [1.165, 1.54) is 24.0 Å². The highest BCUT2D eigenvalue weighted by molar-refractivity contribution is 6.44. The highest BCUT2D eigenvalue weighted by atomic mass is 16.2. The smallest absolute Gasteiger partial charge is 0.228 e. The maximum absolute atomic E-state index is 11.9. The van der Waals surface area contributed by atoms with Crippen LogP contribution in [0, 0.1) is 5.92 Å². The summed E-state index contributed by atoms with van der Waals surface area (Å²) in [4.78, 5) is 23.6. The molecule has 0 amide bonds. The fourth-order valence-electron chi connectivity index (χ4n) is 2.28. The summed E-state index contributed by atoms with van der Waals surface area (Å²) < 4.78 is 0. The molecule has 1 aromatic rings. The number of benzene rings is 1. The molecule has 0 spiro atoms. The van der Waals surface area contributed by atoms with E-state index in [9.17, 15) is 9.59 Å². The number of carbonyl (C=O) groups is 2. The Morgan fingerprint density at radius 1 is 1.06 bits per heavy atom. The van der Waals surface area contributed by atoms with Crippen molar-refractivity contribution in [3.05, 3.63) is 34.9 Å². The van der Waals surface area contributed by atoms with Gasteiger partial charge in [0.25, 0.3) is 0 Å². The Morgan fingerprint density at radius 3 is 2.35 bits per heavy atom. The Hall–Kier alpha value is -1.44. The molecule has 0 aliphatic heterocycles. The molecule has 0 N–H and O–H groups in total. The average molecular weight is 230 g/mol. The van der Waals surface area contributed by atoms with Crippen molar-refractivity contribution in [2.45, 2.75) is 39.5 Å². The van der Waals surface area contributed by atoms with Crippen LogP contribution in [-0.4, -0.2) is 11.6 Å². The van der Waals surface area contributed by atoms with Gasteiger partial charge >= 0.3 is 0 Å². The van der Waals surface area contributed by atoms with E-state index < -0.39 is 0 Å². The topological polar surface area (TPSA) is 34.1 Å². The predicted molar refractivity (Wildman–Crippen MR) is 67.3 cm³/mol. The molecule has 0 atom stereocenters. The molecule has 0 saturated heterocycles. The zero-order valence-corrected chi connectivity index (χ0v) is 10.5. The van der Waals surface area contributed by atoms with E-state index in [1.54, 1.807) is 19.9 Å². The van der Waals surface area contributed by atoms with Gasteiger partial charge in [-0.3, -0.25) is 9.59 Å². The molecule has 0 saturated carbocycles. The molecule has 90 valence electrons. The lowest BCUT2D eigenvalue weighted by Crippen LogP contribution is -2.20. The van der Waals surface area contributed by atoms with Gasteiger partial charge in [0, 0.05) is 11.5 Å². The number of hydrogen-bond donors (Lipinski definition) is 0. The summed E-state index contributed by atoms with van der Waals surface area (Å²) in [5.74, 6) is -0.854. The van der Waals surface area contributed by atoms with Gasteiger partial charge in [0.2, 0.25) is 11.6 Å². The first kappa shape index (κ1) is 12.0. The quantitative estimate of drug-likeness (QED) is 0.591. The zero-order chi connectivity index (χ0) is 12.4. The number of carbonyl (C=O) groups excluding carboxylic acids is 2. The van der Waals surface area contributed by atoms with E-state index in [1.807, 2.05) is 12.1 Å². The molecule has 0 bridgehead atoms. The third-order valence-corrected chi connectivity index (χ3v) is 3.36. The van der Waals surface area contributed by atoms with Gasteiger partial charge in [0.1, 0.15) is 0 Å². The Balaban J connectivity index is 2.28. The molecule has 1 aliphatic rings. The van der Waals surface area contributed by atoms with Crippen molar-refractivity contribution in [3.8, 4) is 0 Å². The highest BCUT2D eigenvalue weighted by Gasteiger charge is 2.20. The Bertz CT molecular complexity index is 458. The molecule has 0 fully saturated rings. The fourth-order valence-corrected chi connectivity index (χ4v) is 2.28. The Morgan fingerprint density at radius 2 is 1.71 bits per heavy atom. The van der Waals surface area contributed by atoms with Gasteiger partial charge in [0.05, 0.1) is 0 Å². The first-order valence-electron chi connectivity index (χ1n) is 6.30. The van der Waals surface area contributed by atoms with Crippen molar-refractivity contribution in [1.82, 2.24) is 0 Å². The minimum Gasteiger partial charge on any atom is -0.290 e. The summed E-state index contributed by atoms with van der Waals surface area (Å²) in [6.07, 6.45) is 4.54. The second-order valence-electron chi connectivity index (χ2n) is 5.04. The van der Waals surface area contributed by atoms with Gasteiger partial charge in [-0.15, -0.1) is 0 Å². The third-order valence-electron chi connectivity index (χ3n) is 3.36. The van der Waals surface area contributed by atoms with Crippen molar-refractivity contribution in [2.24, 2.45) is 5.92 Å². The van der Waals surface area contributed by atoms with Gasteiger partial charge in [-0.1, -0.05) is 26.0 Å². The van der Waals surface area contributed by atoms with E-state index in [-0.39, 0.29) is 17.5 Å². The number of Topliss-reactive ketones (excluding diaryl/α,β-unsaturated/α-hetero) is 2. The zero-order valence-electron chi connectivity index (χ0n) is 10.5. The molecule has 2 nitrogen and oxygen atoms in total. The van der Waals surface area contributed by atoms with Crippen LogP contribution in [-0.2, 0) is 17.6 Å². The molecule has 2 heteroatoms. The molecule has 0 radical (unpaired) electrons. The van der Waals surface area contributed by atoms with Crippen molar-refractivity contribution >= 4 is 11.6 Å². The number of hydrogen-bond acceptors (Lipinski definition) is 2. The minimum atomic E-state index is -0.339. The number of fused-ring (bicyclic) bond motifs is 1. The summed E-state index contributed by atoms with van der Waals surface area (Å²) in [6.45, 7) is 3.53. The molecule has 2 rings (SSSR count). The van der Waals surface area contributed by atoms with Gasteiger partial charge in [-0.25, -0.2) is 0 Å². The van der Waals surface area contributed by atoms with Crippen LogP contribution < -0.4 is 0 Å². The van der Waals surface area contributed by atoms with E-state index in [4.69, 9.17) is 0 Å². The van der Waals surface area contributed by atoms with E-state index in [0.29, 0.717) is 5.56 Å². The van der Waals surface area contributed by atoms with Crippen molar-refractivity contribution < 1.29 is 9.59 Å². The van der Waals surface area contributed by atoms with Crippen LogP contribution in [0.4, 0.5) is 0 Å². The van der Waals surface area contributed by atoms with Crippen molar-refractivity contribution in [2.75, 3.05) is 0 Å². The summed E-state index contributed by atoms with van der Waals surface area (Å²) in [5.41, 5.74) is 3.15. The molecule has 0 unspecified atom stereocenters. The van der Waals surface area contributed by atoms with Crippen LogP contribution in [0.3, 0.4) is 0 Å². The number of rotatable bonds is 3. The Labute approximate surface area is 102 Å². The van der Waals surface area contributed by atoms with Crippen LogP contribution in [0.1, 0.15) is 48.2 Å². The monoisotopic (exact) mass is 230 g/mol. The molecule has 1 aliphatic carbocycles. The Kier molecular flexibility index (Phi) is 3.41. The van der Waals surface area contributed by atoms with E-state index in [0.717, 1.165) is 12.8 Å². The second kappa shape index (κ2) is 4.82. The maximum Gasteiger partial charge on any atom is 0.228 e. The first-order chi connectivity index (χ1) is 8.09. The number of ketones is 2. The second-order valence-corrected chi connectivity index (χ2v) is 5.04. The molecule has 1 aromatic carbocycles. The van der Waals surface area contributed by atoms with Gasteiger partial charge in [-0.2, -0.15) is 0 Å². The predicted octanol–water partition coefficient (Wildman–Crippen LogP) is 2.97. The normalized spacial score (nSPS) is 14.5. The molecule has 0 aromatic heterocycles. The van der Waals surface area contributed by atoms with Crippen molar-refractivity contribution in [1.29, 1.82) is 0 Å². The van der Waals surface area contributed by atoms with Gasteiger partial charge in [-0.05, 0) is 42.9 Å². The first-order valence-corrected chi connectivity index (χ1v) is 6.30. The summed E-state index contributed by atoms with van der Waals surface area (Å²) in [6, 6.07) is 5.72. The van der Waals surface area contributed by atoms with Crippen LogP contribution in [0.5, 0.6) is 0 Å². The van der Waals surface area contributed by atoms with Crippen LogP contribution >= 0.6 is 0 Å². The molecular formula is C15H18O2. The summed E-state index contributed by atoms with van der Waals surface area (Å²) >= 11 is 0. The average Bonchev–Trinajstić information content (AvgIpc) is 2.36. The molecule has 17 heavy (non-hydrogen) atoms. The SMILES string of the molecule is CC(C)C(=O)C(=O)c1ccc2c(c1)CCCC2. The summed E-state index contributed by atoms with van der Waals surface area (Å²) in [7, 11) is 0. The molecular weight excluding hydrogens is 212 g/mol. The largest absolute Gasteiger partial charge is 0.290 e. The number of aryl methyl sites for hydroxylation is 2. The third kappa shape index (κ3) is 2.46. The standard InChI is InChI=1S/C15H18O2/c1-10(2)14(16)15(17)13-8-7-11-5-3-4-6-12(11)9-13/h7-10H,3-6H2,1-2H3. The van der Waals surface area contributed by atoms with Gasteiger partial charge < -0.3 is 0 Å². The van der Waals surface area contributed by atoms with Crippen LogP contribution in [0.15, 0.2) is 18.2 Å². The van der Waals surface area contributed by atoms with E-state index >= 15 is 0 Å². The van der Waals surface area contributed by atoms with E-state index in [2.05, 4.69) is 0 Å². The summed E-state index contributed by atoms with van der Waals surface area (Å²) in [5, 5.41) is 0. The van der Waals surface area contributed by atoms with Crippen molar-refractivity contribution in [3.63, 3.8) is 0 Å². The lowest BCUT2D eigenvalue weighted by molar-refractivity contribution is -0.117. The van der Waals surface area contributed by atoms with Gasteiger partial charge in [0.15, 0.2) is 0 Å². The lowest BCUT2D eigenvalue weighted by atomic mass is 9.88. The fraction of sp³-hybridized carbons (Fsp3) is 0.467. The minimum absolute atomic E-state index is 0.224.